The summed E-state index contributed by atoms with van der Waals surface area (Å²) in [5.41, 5.74) is 1.79. The summed E-state index contributed by atoms with van der Waals surface area (Å²) in [6.07, 6.45) is 1.10. The van der Waals surface area contributed by atoms with Crippen molar-refractivity contribution >= 4 is 33.5 Å². The van der Waals surface area contributed by atoms with E-state index in [9.17, 15) is 17.6 Å². The maximum Gasteiger partial charge on any atom is 0.416 e. The molecule has 172 valence electrons. The molecule has 1 aliphatic rings. The second-order valence-electron chi connectivity index (χ2n) is 8.93. The topological polar surface area (TPSA) is 41.6 Å². The van der Waals surface area contributed by atoms with Crippen LogP contribution in [0.2, 0.25) is 5.02 Å². The van der Waals surface area contributed by atoms with Crippen LogP contribution in [0, 0.1) is 11.7 Å². The predicted octanol–water partition coefficient (Wildman–Crippen LogP) is 8.00. The maximum atomic E-state index is 13.8. The van der Waals surface area contributed by atoms with Gasteiger partial charge in [0.2, 0.25) is 0 Å². The Kier molecular flexibility index (Phi) is 5.55. The standard InChI is InChI=1S/C25H22ClF4N3/c1-13(24-32-22-11-16(25(28,29)30)10-20(26)23(22)33-24)14-2-4-15(5-3-14)18-8-9-31-21-7-6-17(27)12-19(18)21/h6-15H,2-5H2,1H3,(H,32,33)/t13-,14-,15+/m1/s1. The summed E-state index contributed by atoms with van der Waals surface area (Å²) in [5.74, 6) is 1.10. The van der Waals surface area contributed by atoms with Crippen LogP contribution in [0.1, 0.15) is 61.4 Å². The van der Waals surface area contributed by atoms with Crippen LogP contribution in [-0.4, -0.2) is 15.0 Å². The zero-order chi connectivity index (χ0) is 23.3. The van der Waals surface area contributed by atoms with Crippen molar-refractivity contribution < 1.29 is 17.6 Å². The minimum atomic E-state index is -4.47. The lowest BCUT2D eigenvalue weighted by Crippen LogP contribution is -2.19. The number of hydrogen-bond donors (Lipinski definition) is 1. The van der Waals surface area contributed by atoms with Gasteiger partial charge in [0.15, 0.2) is 0 Å². The van der Waals surface area contributed by atoms with Crippen molar-refractivity contribution in [3.05, 3.63) is 70.4 Å². The first kappa shape index (κ1) is 22.1. The normalized spacial score (nSPS) is 20.4. The third-order valence-corrected chi connectivity index (χ3v) is 7.28. The Morgan fingerprint density at radius 2 is 1.79 bits per heavy atom. The van der Waals surface area contributed by atoms with E-state index in [0.717, 1.165) is 54.3 Å². The Balaban J connectivity index is 1.35. The zero-order valence-electron chi connectivity index (χ0n) is 17.9. The molecule has 4 aromatic rings. The number of aromatic nitrogens is 3. The number of aromatic amines is 1. The molecule has 5 rings (SSSR count). The molecule has 0 saturated heterocycles. The Hall–Kier alpha value is -2.67. The van der Waals surface area contributed by atoms with Gasteiger partial charge in [-0.25, -0.2) is 9.37 Å². The van der Waals surface area contributed by atoms with Crippen molar-refractivity contribution in [2.24, 2.45) is 5.92 Å². The molecule has 0 bridgehead atoms. The Morgan fingerprint density at radius 1 is 1.03 bits per heavy atom. The molecule has 1 fully saturated rings. The van der Waals surface area contributed by atoms with E-state index in [0.29, 0.717) is 23.2 Å². The van der Waals surface area contributed by atoms with Gasteiger partial charge >= 0.3 is 6.18 Å². The van der Waals surface area contributed by atoms with Gasteiger partial charge in [-0.15, -0.1) is 0 Å². The summed E-state index contributed by atoms with van der Waals surface area (Å²) < 4.78 is 53.2. The summed E-state index contributed by atoms with van der Waals surface area (Å²) in [7, 11) is 0. The average molecular weight is 476 g/mol. The Bertz CT molecular complexity index is 1320. The van der Waals surface area contributed by atoms with Crippen molar-refractivity contribution in [3.63, 3.8) is 0 Å². The first-order valence-corrected chi connectivity index (χ1v) is 11.4. The van der Waals surface area contributed by atoms with Gasteiger partial charge in [-0.1, -0.05) is 18.5 Å². The van der Waals surface area contributed by atoms with Crippen LogP contribution in [0.3, 0.4) is 0 Å². The number of fused-ring (bicyclic) bond motifs is 2. The molecule has 2 aromatic heterocycles. The number of rotatable bonds is 3. The van der Waals surface area contributed by atoms with Crippen LogP contribution in [0.25, 0.3) is 21.9 Å². The van der Waals surface area contributed by atoms with E-state index in [1.165, 1.54) is 6.07 Å². The van der Waals surface area contributed by atoms with E-state index >= 15 is 0 Å². The van der Waals surface area contributed by atoms with Crippen LogP contribution in [0.4, 0.5) is 17.6 Å². The summed E-state index contributed by atoms with van der Waals surface area (Å²) >= 11 is 6.11. The Morgan fingerprint density at radius 3 is 2.52 bits per heavy atom. The molecule has 0 radical (unpaired) electrons. The molecule has 2 aromatic carbocycles. The molecule has 0 spiro atoms. The van der Waals surface area contributed by atoms with E-state index in [4.69, 9.17) is 11.6 Å². The fourth-order valence-corrected chi connectivity index (χ4v) is 5.38. The minimum Gasteiger partial charge on any atom is -0.341 e. The highest BCUT2D eigenvalue weighted by atomic mass is 35.5. The third-order valence-electron chi connectivity index (χ3n) is 6.98. The smallest absolute Gasteiger partial charge is 0.341 e. The molecule has 3 nitrogen and oxygen atoms in total. The molecule has 2 heterocycles. The second kappa shape index (κ2) is 8.28. The first-order chi connectivity index (χ1) is 15.7. The fourth-order valence-electron chi connectivity index (χ4n) is 5.12. The van der Waals surface area contributed by atoms with Gasteiger partial charge in [0.25, 0.3) is 0 Å². The molecule has 0 unspecified atom stereocenters. The summed E-state index contributed by atoms with van der Waals surface area (Å²) in [4.78, 5) is 12.0. The van der Waals surface area contributed by atoms with Gasteiger partial charge in [-0.2, -0.15) is 13.2 Å². The van der Waals surface area contributed by atoms with E-state index in [1.807, 2.05) is 6.07 Å². The highest BCUT2D eigenvalue weighted by Gasteiger charge is 2.33. The predicted molar refractivity (Wildman–Crippen MR) is 121 cm³/mol. The van der Waals surface area contributed by atoms with Gasteiger partial charge in [0.1, 0.15) is 11.6 Å². The quantitative estimate of drug-likeness (QED) is 0.305. The third kappa shape index (κ3) is 4.19. The molecule has 0 aliphatic heterocycles. The van der Waals surface area contributed by atoms with Crippen LogP contribution in [-0.2, 0) is 6.18 Å². The van der Waals surface area contributed by atoms with E-state index in [-0.39, 0.29) is 22.3 Å². The Labute approximate surface area is 193 Å². The lowest BCUT2D eigenvalue weighted by Gasteiger charge is -2.32. The molecule has 1 aliphatic carbocycles. The highest BCUT2D eigenvalue weighted by molar-refractivity contribution is 6.35. The van der Waals surface area contributed by atoms with Gasteiger partial charge in [0, 0.05) is 17.5 Å². The molecule has 1 N–H and O–H groups in total. The molecule has 1 atom stereocenters. The largest absolute Gasteiger partial charge is 0.416 e. The maximum absolute atomic E-state index is 13.8. The van der Waals surface area contributed by atoms with Crippen LogP contribution in [0.5, 0.6) is 0 Å². The fraction of sp³-hybridized carbons (Fsp3) is 0.360. The van der Waals surface area contributed by atoms with Gasteiger partial charge in [-0.05, 0) is 79.5 Å². The lowest BCUT2D eigenvalue weighted by molar-refractivity contribution is -0.137. The van der Waals surface area contributed by atoms with Crippen molar-refractivity contribution in [2.75, 3.05) is 0 Å². The van der Waals surface area contributed by atoms with Crippen LogP contribution < -0.4 is 0 Å². The van der Waals surface area contributed by atoms with Crippen molar-refractivity contribution in [3.8, 4) is 0 Å². The number of nitrogens with zero attached hydrogens (tertiary/aromatic N) is 2. The molecule has 8 heteroatoms. The lowest BCUT2D eigenvalue weighted by atomic mass is 9.73. The second-order valence-corrected chi connectivity index (χ2v) is 9.34. The highest BCUT2D eigenvalue weighted by Crippen LogP contribution is 2.43. The number of H-pyrrole nitrogens is 1. The van der Waals surface area contributed by atoms with Gasteiger partial charge in [0.05, 0.1) is 27.1 Å². The summed E-state index contributed by atoms with van der Waals surface area (Å²) in [6, 6.07) is 8.64. The molecule has 0 amide bonds. The monoisotopic (exact) mass is 475 g/mol. The van der Waals surface area contributed by atoms with Crippen LogP contribution >= 0.6 is 11.6 Å². The molecule has 1 saturated carbocycles. The first-order valence-electron chi connectivity index (χ1n) is 11.0. The number of imidazole rings is 1. The van der Waals surface area contributed by atoms with Crippen LogP contribution in [0.15, 0.2) is 42.6 Å². The van der Waals surface area contributed by atoms with Gasteiger partial charge in [-0.3, -0.25) is 4.98 Å². The van der Waals surface area contributed by atoms with E-state index < -0.39 is 11.7 Å². The SMILES string of the molecule is C[C@@H](c1nc2cc(C(F)(F)F)cc(Cl)c2[nH]1)[C@H]1CC[C@@H](c2ccnc3ccc(F)cc32)CC1. The summed E-state index contributed by atoms with van der Waals surface area (Å²) in [5, 5.41) is 0.882. The van der Waals surface area contributed by atoms with Crippen molar-refractivity contribution in [1.82, 2.24) is 15.0 Å². The number of alkyl halides is 3. The molecular weight excluding hydrogens is 454 g/mol. The molecule has 33 heavy (non-hydrogen) atoms. The average Bonchev–Trinajstić information content (AvgIpc) is 3.23. The number of pyridine rings is 1. The van der Waals surface area contributed by atoms with Crippen molar-refractivity contribution in [2.45, 2.75) is 50.6 Å². The zero-order valence-corrected chi connectivity index (χ0v) is 18.6. The van der Waals surface area contributed by atoms with E-state index in [1.54, 1.807) is 18.3 Å². The number of hydrogen-bond acceptors (Lipinski definition) is 2. The minimum absolute atomic E-state index is 0.0197. The van der Waals surface area contributed by atoms with Crippen molar-refractivity contribution in [1.29, 1.82) is 0 Å². The van der Waals surface area contributed by atoms with E-state index in [2.05, 4.69) is 21.9 Å². The number of benzene rings is 2. The van der Waals surface area contributed by atoms with Gasteiger partial charge < -0.3 is 4.98 Å². The molecular formula is C25H22ClF4N3. The summed E-state index contributed by atoms with van der Waals surface area (Å²) in [6.45, 7) is 2.05. The number of halogens is 5. The number of nitrogens with one attached hydrogen (secondary N) is 1.